The van der Waals surface area contributed by atoms with Gasteiger partial charge < -0.3 is 14.8 Å². The van der Waals surface area contributed by atoms with E-state index in [4.69, 9.17) is 9.47 Å². The number of nitrogens with one attached hydrogen (secondary N) is 1. The summed E-state index contributed by atoms with van der Waals surface area (Å²) < 4.78 is 10.2. The molecule has 1 unspecified atom stereocenters. The maximum absolute atomic E-state index is 12.0. The van der Waals surface area contributed by atoms with Crippen LogP contribution in [0, 0.1) is 5.92 Å². The molecule has 0 saturated heterocycles. The van der Waals surface area contributed by atoms with E-state index in [2.05, 4.69) is 5.32 Å². The zero-order valence-corrected chi connectivity index (χ0v) is 11.0. The van der Waals surface area contributed by atoms with Gasteiger partial charge >= 0.3 is 5.97 Å². The van der Waals surface area contributed by atoms with E-state index >= 15 is 0 Å². The summed E-state index contributed by atoms with van der Waals surface area (Å²) in [7, 11) is 3.04. The molecule has 1 atom stereocenters. The largest absolute Gasteiger partial charge is 0.495 e. The van der Waals surface area contributed by atoms with Crippen molar-refractivity contribution in [3.05, 3.63) is 24.3 Å². The molecule has 0 heterocycles. The number of benzene rings is 1. The second kappa shape index (κ2) is 4.88. The average Bonchev–Trinajstić information content (AvgIpc) is 3.22. The second-order valence-electron chi connectivity index (χ2n) is 4.79. The number of anilines is 1. The summed E-state index contributed by atoms with van der Waals surface area (Å²) in [6, 6.07) is 7.58. The number of hydrogen-bond acceptors (Lipinski definition) is 4. The van der Waals surface area contributed by atoms with Crippen LogP contribution in [0.15, 0.2) is 24.3 Å². The van der Waals surface area contributed by atoms with E-state index in [-0.39, 0.29) is 5.97 Å². The van der Waals surface area contributed by atoms with Crippen LogP contribution in [0.25, 0.3) is 0 Å². The molecule has 1 saturated carbocycles. The van der Waals surface area contributed by atoms with Crippen LogP contribution in [0.4, 0.5) is 5.69 Å². The predicted molar refractivity (Wildman–Crippen MR) is 69.8 cm³/mol. The Balaban J connectivity index is 2.26. The highest BCUT2D eigenvalue weighted by Gasteiger charge is 2.48. The maximum Gasteiger partial charge on any atom is 0.331 e. The molecule has 1 aromatic rings. The van der Waals surface area contributed by atoms with Gasteiger partial charge in [-0.15, -0.1) is 0 Å². The van der Waals surface area contributed by atoms with Gasteiger partial charge in [0.15, 0.2) is 0 Å². The number of ether oxygens (including phenoxy) is 2. The molecule has 1 aromatic carbocycles. The third-order valence-electron chi connectivity index (χ3n) is 3.50. The quantitative estimate of drug-likeness (QED) is 0.814. The lowest BCUT2D eigenvalue weighted by Gasteiger charge is -2.29. The van der Waals surface area contributed by atoms with Gasteiger partial charge in [0.2, 0.25) is 0 Å². The number of rotatable bonds is 5. The Labute approximate surface area is 107 Å². The zero-order valence-electron chi connectivity index (χ0n) is 11.0. The van der Waals surface area contributed by atoms with E-state index in [1.165, 1.54) is 7.11 Å². The fraction of sp³-hybridized carbons (Fsp3) is 0.500. The SMILES string of the molecule is COC(=O)C(C)(Nc1ccccc1OC)C1CC1. The van der Waals surface area contributed by atoms with Crippen LogP contribution in [0.5, 0.6) is 5.75 Å². The van der Waals surface area contributed by atoms with Gasteiger partial charge in [0.25, 0.3) is 0 Å². The van der Waals surface area contributed by atoms with Gasteiger partial charge in [0, 0.05) is 0 Å². The zero-order chi connectivity index (χ0) is 13.2. The average molecular weight is 249 g/mol. The highest BCUT2D eigenvalue weighted by Crippen LogP contribution is 2.43. The van der Waals surface area contributed by atoms with Gasteiger partial charge in [-0.1, -0.05) is 12.1 Å². The van der Waals surface area contributed by atoms with E-state index in [0.29, 0.717) is 5.92 Å². The van der Waals surface area contributed by atoms with Crippen molar-refractivity contribution in [2.24, 2.45) is 5.92 Å². The molecular weight excluding hydrogens is 230 g/mol. The van der Waals surface area contributed by atoms with Gasteiger partial charge in [-0.25, -0.2) is 4.79 Å². The molecule has 4 heteroatoms. The third-order valence-corrected chi connectivity index (χ3v) is 3.50. The van der Waals surface area contributed by atoms with Gasteiger partial charge in [-0.3, -0.25) is 0 Å². The number of esters is 1. The molecule has 1 N–H and O–H groups in total. The molecule has 0 amide bonds. The van der Waals surface area contributed by atoms with Crippen LogP contribution in [0.1, 0.15) is 19.8 Å². The van der Waals surface area contributed by atoms with E-state index < -0.39 is 5.54 Å². The van der Waals surface area contributed by atoms with Crippen LogP contribution in [-0.2, 0) is 9.53 Å². The molecule has 0 radical (unpaired) electrons. The first-order valence-electron chi connectivity index (χ1n) is 6.11. The fourth-order valence-corrected chi connectivity index (χ4v) is 2.22. The normalized spacial score (nSPS) is 17.7. The highest BCUT2D eigenvalue weighted by atomic mass is 16.5. The number of para-hydroxylation sites is 2. The highest BCUT2D eigenvalue weighted by molar-refractivity contribution is 5.85. The lowest BCUT2D eigenvalue weighted by Crippen LogP contribution is -2.46. The first-order chi connectivity index (χ1) is 8.61. The number of carbonyl (C=O) groups is 1. The summed E-state index contributed by atoms with van der Waals surface area (Å²) >= 11 is 0. The number of methoxy groups -OCH3 is 2. The van der Waals surface area contributed by atoms with Crippen LogP contribution < -0.4 is 10.1 Å². The molecule has 1 aliphatic carbocycles. The van der Waals surface area contributed by atoms with Crippen LogP contribution in [-0.4, -0.2) is 25.7 Å². The molecule has 4 nitrogen and oxygen atoms in total. The summed E-state index contributed by atoms with van der Waals surface area (Å²) in [6.07, 6.45) is 2.10. The Bertz CT molecular complexity index is 442. The molecule has 18 heavy (non-hydrogen) atoms. The van der Waals surface area contributed by atoms with Crippen molar-refractivity contribution in [3.8, 4) is 5.75 Å². The minimum absolute atomic E-state index is 0.226. The van der Waals surface area contributed by atoms with Crippen LogP contribution >= 0.6 is 0 Å². The summed E-state index contributed by atoms with van der Waals surface area (Å²) in [5.41, 5.74) is 0.142. The molecule has 1 fully saturated rings. The summed E-state index contributed by atoms with van der Waals surface area (Å²) in [4.78, 5) is 12.0. The Morgan fingerprint density at radius 2 is 2.00 bits per heavy atom. The third kappa shape index (κ3) is 2.28. The lowest BCUT2D eigenvalue weighted by molar-refractivity contribution is -0.146. The van der Waals surface area contributed by atoms with E-state index in [0.717, 1.165) is 24.3 Å². The van der Waals surface area contributed by atoms with Gasteiger partial charge in [0.1, 0.15) is 11.3 Å². The molecule has 0 aromatic heterocycles. The lowest BCUT2D eigenvalue weighted by atomic mass is 9.95. The van der Waals surface area contributed by atoms with Crippen molar-refractivity contribution in [2.75, 3.05) is 19.5 Å². The standard InChI is InChI=1S/C14H19NO3/c1-14(10-8-9-10,13(16)18-3)15-11-6-4-5-7-12(11)17-2/h4-7,10,15H,8-9H2,1-3H3. The van der Waals surface area contributed by atoms with Gasteiger partial charge in [-0.05, 0) is 37.8 Å². The van der Waals surface area contributed by atoms with Crippen molar-refractivity contribution in [3.63, 3.8) is 0 Å². The van der Waals surface area contributed by atoms with E-state index in [9.17, 15) is 4.79 Å². The molecular formula is C14H19NO3. The van der Waals surface area contributed by atoms with Crippen LogP contribution in [0.2, 0.25) is 0 Å². The smallest absolute Gasteiger partial charge is 0.331 e. The van der Waals surface area contributed by atoms with Crippen molar-refractivity contribution in [1.82, 2.24) is 0 Å². The Hall–Kier alpha value is -1.71. The van der Waals surface area contributed by atoms with Crippen molar-refractivity contribution >= 4 is 11.7 Å². The monoisotopic (exact) mass is 249 g/mol. The summed E-state index contributed by atoms with van der Waals surface area (Å²) in [5, 5.41) is 3.29. The summed E-state index contributed by atoms with van der Waals surface area (Å²) in [6.45, 7) is 1.89. The Morgan fingerprint density at radius 3 is 2.56 bits per heavy atom. The molecule has 0 spiro atoms. The predicted octanol–water partition coefficient (Wildman–Crippen LogP) is 2.45. The van der Waals surface area contributed by atoms with Crippen LogP contribution in [0.3, 0.4) is 0 Å². The molecule has 2 rings (SSSR count). The Kier molecular flexibility index (Phi) is 3.45. The first kappa shape index (κ1) is 12.7. The molecule has 0 aliphatic heterocycles. The van der Waals surface area contributed by atoms with Gasteiger partial charge in [0.05, 0.1) is 19.9 Å². The van der Waals surface area contributed by atoms with Crippen molar-refractivity contribution in [2.45, 2.75) is 25.3 Å². The number of carbonyl (C=O) groups excluding carboxylic acids is 1. The first-order valence-corrected chi connectivity index (χ1v) is 6.11. The molecule has 98 valence electrons. The minimum Gasteiger partial charge on any atom is -0.495 e. The summed E-state index contributed by atoms with van der Waals surface area (Å²) in [5.74, 6) is 0.832. The maximum atomic E-state index is 12.0. The fourth-order valence-electron chi connectivity index (χ4n) is 2.22. The van der Waals surface area contributed by atoms with Gasteiger partial charge in [-0.2, -0.15) is 0 Å². The minimum atomic E-state index is -0.677. The topological polar surface area (TPSA) is 47.6 Å². The van der Waals surface area contributed by atoms with Crippen molar-refractivity contribution < 1.29 is 14.3 Å². The molecule has 0 bridgehead atoms. The number of hydrogen-bond donors (Lipinski definition) is 1. The molecule has 1 aliphatic rings. The Morgan fingerprint density at radius 1 is 1.33 bits per heavy atom. The van der Waals surface area contributed by atoms with E-state index in [1.807, 2.05) is 31.2 Å². The second-order valence-corrected chi connectivity index (χ2v) is 4.79. The van der Waals surface area contributed by atoms with E-state index in [1.54, 1.807) is 7.11 Å². The van der Waals surface area contributed by atoms with Crippen molar-refractivity contribution in [1.29, 1.82) is 0 Å².